The van der Waals surface area contributed by atoms with Gasteiger partial charge in [-0.1, -0.05) is 0 Å². The largest absolute Gasteiger partial charge is 0.392 e. The second kappa shape index (κ2) is 6.00. The smallest absolute Gasteiger partial charge is 0.276 e. The predicted octanol–water partition coefficient (Wildman–Crippen LogP) is 1.21. The van der Waals surface area contributed by atoms with E-state index in [0.717, 1.165) is 0 Å². The maximum absolute atomic E-state index is 10.7. The maximum Gasteiger partial charge on any atom is 0.276 e. The number of hydrogen-bond donors (Lipinski definition) is 3. The van der Waals surface area contributed by atoms with Gasteiger partial charge in [-0.15, -0.1) is 0 Å². The van der Waals surface area contributed by atoms with Crippen molar-refractivity contribution < 1.29 is 10.0 Å². The van der Waals surface area contributed by atoms with Gasteiger partial charge in [0.05, 0.1) is 23.2 Å². The Morgan fingerprint density at radius 1 is 1.47 bits per heavy atom. The summed E-state index contributed by atoms with van der Waals surface area (Å²) in [5.74, 6) is 0.811. The van der Waals surface area contributed by atoms with Crippen LogP contribution in [0.2, 0.25) is 0 Å². The minimum absolute atomic E-state index is 0.0379. The van der Waals surface area contributed by atoms with E-state index >= 15 is 0 Å². The number of nitro groups is 1. The van der Waals surface area contributed by atoms with Gasteiger partial charge in [0.25, 0.3) is 5.69 Å². The van der Waals surface area contributed by atoms with E-state index in [0.29, 0.717) is 24.7 Å². The average molecular weight is 240 g/mol. The van der Waals surface area contributed by atoms with Crippen molar-refractivity contribution in [3.8, 4) is 0 Å². The molecule has 7 heteroatoms. The number of aliphatic hydroxyl groups excluding tert-OH is 1. The van der Waals surface area contributed by atoms with Crippen LogP contribution in [0, 0.1) is 10.1 Å². The highest BCUT2D eigenvalue weighted by atomic mass is 16.6. The van der Waals surface area contributed by atoms with Crippen LogP contribution in [-0.4, -0.2) is 34.2 Å². The lowest BCUT2D eigenvalue weighted by Crippen LogP contribution is -2.16. The lowest BCUT2D eigenvalue weighted by atomic mass is 10.3. The van der Waals surface area contributed by atoms with Crippen LogP contribution in [0.4, 0.5) is 17.3 Å². The minimum atomic E-state index is -0.543. The first-order chi connectivity index (χ1) is 8.02. The van der Waals surface area contributed by atoms with Crippen LogP contribution in [0.15, 0.2) is 12.1 Å². The summed E-state index contributed by atoms with van der Waals surface area (Å²) < 4.78 is 0. The highest BCUT2D eigenvalue weighted by Gasteiger charge is 2.11. The summed E-state index contributed by atoms with van der Waals surface area (Å²) in [7, 11) is 0. The van der Waals surface area contributed by atoms with E-state index < -0.39 is 11.0 Å². The van der Waals surface area contributed by atoms with Gasteiger partial charge in [0.1, 0.15) is 11.6 Å². The second-order valence-corrected chi connectivity index (χ2v) is 3.61. The third-order valence-electron chi connectivity index (χ3n) is 1.96. The Balaban J connectivity index is 2.91. The summed E-state index contributed by atoms with van der Waals surface area (Å²) in [6, 6.07) is 2.71. The molecule has 1 aromatic rings. The molecule has 1 heterocycles. The van der Waals surface area contributed by atoms with Gasteiger partial charge in [0, 0.05) is 13.1 Å². The molecular formula is C10H16N4O3. The van der Waals surface area contributed by atoms with Crippen molar-refractivity contribution in [2.45, 2.75) is 20.0 Å². The molecule has 0 aliphatic heterocycles. The molecule has 94 valence electrons. The van der Waals surface area contributed by atoms with E-state index in [1.165, 1.54) is 12.1 Å². The molecule has 1 atom stereocenters. The van der Waals surface area contributed by atoms with Crippen molar-refractivity contribution in [1.29, 1.82) is 0 Å². The lowest BCUT2D eigenvalue weighted by molar-refractivity contribution is -0.384. The Hall–Kier alpha value is -1.89. The number of hydrogen-bond acceptors (Lipinski definition) is 6. The molecular weight excluding hydrogens is 224 g/mol. The Morgan fingerprint density at radius 3 is 2.53 bits per heavy atom. The molecule has 0 aliphatic carbocycles. The molecule has 3 N–H and O–H groups in total. The number of nitrogens with zero attached hydrogens (tertiary/aromatic N) is 2. The Kier molecular flexibility index (Phi) is 4.65. The van der Waals surface area contributed by atoms with Crippen molar-refractivity contribution in [3.05, 3.63) is 22.2 Å². The normalized spacial score (nSPS) is 11.9. The first kappa shape index (κ1) is 13.2. The molecule has 1 rings (SSSR count). The van der Waals surface area contributed by atoms with Crippen LogP contribution in [0.5, 0.6) is 0 Å². The number of aliphatic hydroxyl groups is 1. The third-order valence-corrected chi connectivity index (χ3v) is 1.96. The fourth-order valence-corrected chi connectivity index (χ4v) is 1.24. The minimum Gasteiger partial charge on any atom is -0.392 e. The zero-order valence-corrected chi connectivity index (χ0v) is 9.80. The second-order valence-electron chi connectivity index (χ2n) is 3.61. The monoisotopic (exact) mass is 240 g/mol. The van der Waals surface area contributed by atoms with Crippen molar-refractivity contribution in [2.75, 3.05) is 23.7 Å². The van der Waals surface area contributed by atoms with Crippen LogP contribution in [0.1, 0.15) is 13.8 Å². The molecule has 17 heavy (non-hydrogen) atoms. The van der Waals surface area contributed by atoms with Gasteiger partial charge >= 0.3 is 0 Å². The molecule has 0 fully saturated rings. The van der Waals surface area contributed by atoms with Crippen LogP contribution in [0.25, 0.3) is 0 Å². The first-order valence-electron chi connectivity index (χ1n) is 5.35. The molecule has 0 aliphatic rings. The van der Waals surface area contributed by atoms with E-state index in [1.807, 2.05) is 6.92 Å². The van der Waals surface area contributed by atoms with Crippen LogP contribution < -0.4 is 10.6 Å². The van der Waals surface area contributed by atoms with E-state index in [-0.39, 0.29) is 5.69 Å². The van der Waals surface area contributed by atoms with Gasteiger partial charge in [-0.05, 0) is 13.8 Å². The van der Waals surface area contributed by atoms with E-state index in [4.69, 9.17) is 5.11 Å². The molecule has 0 saturated carbocycles. The zero-order chi connectivity index (χ0) is 12.8. The number of pyridine rings is 1. The standard InChI is InChI=1S/C10H16N4O3/c1-3-11-9-4-8(14(16)17)5-10(13-9)12-6-7(2)15/h4-5,7,15H,3,6H2,1-2H3,(H2,11,12,13). The number of aromatic nitrogens is 1. The Morgan fingerprint density at radius 2 is 2.06 bits per heavy atom. The van der Waals surface area contributed by atoms with Gasteiger partial charge in [-0.25, -0.2) is 4.98 Å². The fourth-order valence-electron chi connectivity index (χ4n) is 1.24. The topological polar surface area (TPSA) is 100 Å². The molecule has 0 aromatic carbocycles. The van der Waals surface area contributed by atoms with Crippen molar-refractivity contribution in [3.63, 3.8) is 0 Å². The molecule has 1 unspecified atom stereocenters. The molecule has 0 spiro atoms. The average Bonchev–Trinajstić information content (AvgIpc) is 2.26. The highest BCUT2D eigenvalue weighted by Crippen LogP contribution is 2.20. The Bertz CT molecular complexity index is 395. The maximum atomic E-state index is 10.7. The molecule has 1 aromatic heterocycles. The summed E-state index contributed by atoms with van der Waals surface area (Å²) >= 11 is 0. The number of anilines is 2. The lowest BCUT2D eigenvalue weighted by Gasteiger charge is -2.09. The molecule has 0 radical (unpaired) electrons. The van der Waals surface area contributed by atoms with E-state index in [9.17, 15) is 10.1 Å². The van der Waals surface area contributed by atoms with Gasteiger partial charge in [-0.2, -0.15) is 0 Å². The first-order valence-corrected chi connectivity index (χ1v) is 5.35. The molecule has 0 bridgehead atoms. The zero-order valence-electron chi connectivity index (χ0n) is 9.80. The molecule has 0 saturated heterocycles. The van der Waals surface area contributed by atoms with E-state index in [1.54, 1.807) is 6.92 Å². The SMILES string of the molecule is CCNc1cc([N+](=O)[O-])cc(NCC(C)O)n1. The van der Waals surface area contributed by atoms with Crippen LogP contribution in [-0.2, 0) is 0 Å². The summed E-state index contributed by atoms with van der Waals surface area (Å²) in [6.07, 6.45) is -0.543. The van der Waals surface area contributed by atoms with E-state index in [2.05, 4.69) is 15.6 Å². The van der Waals surface area contributed by atoms with Crippen molar-refractivity contribution in [2.24, 2.45) is 0 Å². The van der Waals surface area contributed by atoms with Gasteiger partial charge in [-0.3, -0.25) is 10.1 Å². The van der Waals surface area contributed by atoms with Gasteiger partial charge in [0.2, 0.25) is 0 Å². The summed E-state index contributed by atoms with van der Waals surface area (Å²) in [5, 5.41) is 25.6. The van der Waals surface area contributed by atoms with Crippen molar-refractivity contribution in [1.82, 2.24) is 4.98 Å². The molecule has 0 amide bonds. The number of nitrogens with one attached hydrogen (secondary N) is 2. The fraction of sp³-hybridized carbons (Fsp3) is 0.500. The molecule has 7 nitrogen and oxygen atoms in total. The quantitative estimate of drug-likeness (QED) is 0.510. The predicted molar refractivity (Wildman–Crippen MR) is 65.2 cm³/mol. The van der Waals surface area contributed by atoms with Gasteiger partial charge in [0.15, 0.2) is 0 Å². The highest BCUT2D eigenvalue weighted by molar-refractivity contribution is 5.54. The van der Waals surface area contributed by atoms with Gasteiger partial charge < -0.3 is 15.7 Å². The Labute approximate surface area is 99.0 Å². The van der Waals surface area contributed by atoms with Crippen LogP contribution in [0.3, 0.4) is 0 Å². The van der Waals surface area contributed by atoms with Crippen molar-refractivity contribution >= 4 is 17.3 Å². The van der Waals surface area contributed by atoms with Crippen LogP contribution >= 0.6 is 0 Å². The summed E-state index contributed by atoms with van der Waals surface area (Å²) in [4.78, 5) is 14.4. The summed E-state index contributed by atoms with van der Waals surface area (Å²) in [6.45, 7) is 4.42. The number of rotatable bonds is 6. The third kappa shape index (κ3) is 4.23. The summed E-state index contributed by atoms with van der Waals surface area (Å²) in [5.41, 5.74) is -0.0379.